The molecule has 0 saturated carbocycles. The Hall–Kier alpha value is -1.65. The van der Waals surface area contributed by atoms with Gasteiger partial charge in [-0.1, -0.05) is 23.2 Å². The summed E-state index contributed by atoms with van der Waals surface area (Å²) in [6.45, 7) is 0. The summed E-state index contributed by atoms with van der Waals surface area (Å²) in [5.41, 5.74) is -3.00. The van der Waals surface area contributed by atoms with E-state index >= 15 is 0 Å². The van der Waals surface area contributed by atoms with Gasteiger partial charge in [-0.25, -0.2) is 4.39 Å². The number of nitriles is 1. The number of rotatable bonds is 5. The zero-order chi connectivity index (χ0) is 15.3. The van der Waals surface area contributed by atoms with Crippen molar-refractivity contribution in [1.29, 1.82) is 5.26 Å². The third-order valence-electron chi connectivity index (χ3n) is 1.95. The summed E-state index contributed by atoms with van der Waals surface area (Å²) in [6, 6.07) is 5.04. The normalized spacial score (nSPS) is 12.4. The van der Waals surface area contributed by atoms with Gasteiger partial charge in [0.15, 0.2) is 0 Å². The van der Waals surface area contributed by atoms with Crippen molar-refractivity contribution in [1.82, 2.24) is 0 Å². The summed E-state index contributed by atoms with van der Waals surface area (Å²) in [5.74, 6) is -1.21. The van der Waals surface area contributed by atoms with Gasteiger partial charge >= 0.3 is 6.11 Å². The number of nitrogens with zero attached hydrogens (tertiary/aromatic N) is 1. The Kier molecular flexibility index (Phi) is 5.48. The molecule has 0 aromatic heterocycles. The van der Waals surface area contributed by atoms with Crippen LogP contribution in [0, 0.1) is 11.3 Å². The van der Waals surface area contributed by atoms with Crippen LogP contribution >= 0.6 is 23.2 Å². The Labute approximate surface area is 122 Å². The third-order valence-corrected chi connectivity index (χ3v) is 2.52. The smallest absolute Gasteiger partial charge is 0.428 e. The first kappa shape index (κ1) is 16.4. The zero-order valence-corrected chi connectivity index (χ0v) is 11.2. The number of anilines is 1. The van der Waals surface area contributed by atoms with E-state index in [0.29, 0.717) is 0 Å². The van der Waals surface area contributed by atoms with E-state index in [1.165, 1.54) is 6.07 Å². The summed E-state index contributed by atoms with van der Waals surface area (Å²) in [6.07, 6.45) is -4.69. The van der Waals surface area contributed by atoms with Crippen molar-refractivity contribution in [2.45, 2.75) is 18.2 Å². The topological polar surface area (TPSA) is 62.1 Å². The minimum atomic E-state index is -4.28. The van der Waals surface area contributed by atoms with Crippen molar-refractivity contribution in [3.63, 3.8) is 0 Å². The van der Waals surface area contributed by atoms with Gasteiger partial charge in [0.1, 0.15) is 12.2 Å². The number of hydrogen-bond acceptors (Lipinski definition) is 3. The number of hydrogen-bond donors (Lipinski definition) is 1. The molecule has 9 heteroatoms. The molecule has 0 bridgehead atoms. The van der Waals surface area contributed by atoms with Crippen LogP contribution in [0.4, 0.5) is 18.9 Å². The molecule has 0 aliphatic heterocycles. The lowest BCUT2D eigenvalue weighted by Gasteiger charge is -2.19. The number of halogens is 5. The summed E-state index contributed by atoms with van der Waals surface area (Å²) in [4.78, 5) is 11.2. The third kappa shape index (κ3) is 4.47. The fraction of sp³-hybridized carbons (Fsp3) is 0.273. The maximum Gasteiger partial charge on any atom is 0.444 e. The van der Waals surface area contributed by atoms with E-state index in [-0.39, 0.29) is 10.7 Å². The maximum atomic E-state index is 13.0. The lowest BCUT2D eigenvalue weighted by molar-refractivity contribution is -0.198. The highest BCUT2D eigenvalue weighted by atomic mass is 35.5. The van der Waals surface area contributed by atoms with E-state index in [1.54, 1.807) is 6.07 Å². The Morgan fingerprint density at radius 1 is 1.55 bits per heavy atom. The molecule has 0 spiro atoms. The second-order valence-electron chi connectivity index (χ2n) is 3.49. The molecule has 108 valence electrons. The number of amides is 1. The Bertz CT molecular complexity index is 547. The van der Waals surface area contributed by atoms with Crippen molar-refractivity contribution < 1.29 is 22.7 Å². The summed E-state index contributed by atoms with van der Waals surface area (Å²) in [5, 5.41) is 10.3. The van der Waals surface area contributed by atoms with Gasteiger partial charge < -0.3 is 10.1 Å². The predicted octanol–water partition coefficient (Wildman–Crippen LogP) is 3.70. The molecule has 1 atom stereocenters. The van der Waals surface area contributed by atoms with Crippen LogP contribution < -0.4 is 10.1 Å². The van der Waals surface area contributed by atoms with E-state index < -0.39 is 29.8 Å². The van der Waals surface area contributed by atoms with E-state index in [1.807, 2.05) is 0 Å². The molecular weight excluding hydrogens is 320 g/mol. The van der Waals surface area contributed by atoms with Crippen LogP contribution in [-0.4, -0.2) is 17.6 Å². The summed E-state index contributed by atoms with van der Waals surface area (Å²) < 4.78 is 42.6. The Morgan fingerprint density at radius 2 is 2.20 bits per heavy atom. The standard InChI is InChI=1S/C11H7Cl2F3N2O2/c12-7-2-1-6(18-9(19)3-4-17)5-8(7)20-11(15,16)10(13)14/h1-2,5,10H,3H2,(H,18,19). The van der Waals surface area contributed by atoms with E-state index in [2.05, 4.69) is 21.7 Å². The first-order chi connectivity index (χ1) is 9.26. The molecular formula is C11H7Cl2F3N2O2. The molecule has 1 unspecified atom stereocenters. The molecule has 0 aliphatic carbocycles. The average molecular weight is 327 g/mol. The lowest BCUT2D eigenvalue weighted by Crippen LogP contribution is -2.32. The molecule has 1 rings (SSSR count). The molecule has 4 nitrogen and oxygen atoms in total. The van der Waals surface area contributed by atoms with Gasteiger partial charge in [0.2, 0.25) is 5.91 Å². The van der Waals surface area contributed by atoms with E-state index in [0.717, 1.165) is 12.1 Å². The van der Waals surface area contributed by atoms with Crippen LogP contribution in [-0.2, 0) is 4.79 Å². The van der Waals surface area contributed by atoms with Crippen LogP contribution in [0.3, 0.4) is 0 Å². The van der Waals surface area contributed by atoms with Gasteiger partial charge in [-0.15, -0.1) is 0 Å². The number of ether oxygens (including phenoxy) is 1. The molecule has 0 heterocycles. The fourth-order valence-electron chi connectivity index (χ4n) is 1.13. The number of carbonyl (C=O) groups excluding carboxylic acids is 1. The van der Waals surface area contributed by atoms with Crippen LogP contribution in [0.15, 0.2) is 18.2 Å². The molecule has 1 amide bonds. The highest BCUT2D eigenvalue weighted by Crippen LogP contribution is 2.34. The summed E-state index contributed by atoms with van der Waals surface area (Å²) in [7, 11) is 0. The zero-order valence-electron chi connectivity index (χ0n) is 9.67. The molecule has 0 radical (unpaired) electrons. The average Bonchev–Trinajstić information content (AvgIpc) is 2.33. The van der Waals surface area contributed by atoms with E-state index in [4.69, 9.17) is 16.9 Å². The molecule has 1 aromatic carbocycles. The van der Waals surface area contributed by atoms with Crippen LogP contribution in [0.2, 0.25) is 5.02 Å². The summed E-state index contributed by atoms with van der Waals surface area (Å²) >= 11 is 10.3. The van der Waals surface area contributed by atoms with Crippen molar-refractivity contribution in [2.75, 3.05) is 5.32 Å². The molecule has 0 saturated heterocycles. The van der Waals surface area contributed by atoms with Gasteiger partial charge in [0.25, 0.3) is 5.63 Å². The first-order valence-corrected chi connectivity index (χ1v) is 5.89. The van der Waals surface area contributed by atoms with Gasteiger partial charge in [-0.05, 0) is 12.1 Å². The van der Waals surface area contributed by atoms with Gasteiger partial charge in [-0.3, -0.25) is 4.79 Å². The molecule has 1 N–H and O–H groups in total. The van der Waals surface area contributed by atoms with Crippen LogP contribution in [0.25, 0.3) is 0 Å². The van der Waals surface area contributed by atoms with Crippen molar-refractivity contribution in [3.8, 4) is 11.8 Å². The number of alkyl halides is 4. The van der Waals surface area contributed by atoms with Crippen molar-refractivity contribution >= 4 is 34.8 Å². The van der Waals surface area contributed by atoms with Gasteiger partial charge in [0.05, 0.1) is 11.1 Å². The minimum absolute atomic E-state index is 0.0606. The quantitative estimate of drug-likeness (QED) is 0.839. The molecule has 0 aliphatic rings. The van der Waals surface area contributed by atoms with Gasteiger partial charge in [0, 0.05) is 11.8 Å². The molecule has 1 aromatic rings. The monoisotopic (exact) mass is 326 g/mol. The number of nitrogens with one attached hydrogen (secondary N) is 1. The highest BCUT2D eigenvalue weighted by Gasteiger charge is 2.42. The van der Waals surface area contributed by atoms with Crippen molar-refractivity contribution in [2.24, 2.45) is 0 Å². The second kappa shape index (κ2) is 6.68. The largest absolute Gasteiger partial charge is 0.444 e. The molecule has 20 heavy (non-hydrogen) atoms. The first-order valence-electron chi connectivity index (χ1n) is 5.07. The fourth-order valence-corrected chi connectivity index (χ4v) is 1.33. The lowest BCUT2D eigenvalue weighted by atomic mass is 10.3. The van der Waals surface area contributed by atoms with Crippen molar-refractivity contribution in [3.05, 3.63) is 23.2 Å². The molecule has 0 fully saturated rings. The van der Waals surface area contributed by atoms with Crippen LogP contribution in [0.5, 0.6) is 5.75 Å². The Morgan fingerprint density at radius 3 is 2.75 bits per heavy atom. The predicted molar refractivity (Wildman–Crippen MR) is 66.6 cm³/mol. The SMILES string of the molecule is N#CCC(=O)Nc1ccc(Cl)c(OC(F)(F)C(F)Cl)c1. The maximum absolute atomic E-state index is 13.0. The number of benzene rings is 1. The van der Waals surface area contributed by atoms with Gasteiger partial charge in [-0.2, -0.15) is 14.0 Å². The van der Waals surface area contributed by atoms with E-state index in [9.17, 15) is 18.0 Å². The highest BCUT2D eigenvalue weighted by molar-refractivity contribution is 6.32. The Balaban J connectivity index is 2.93. The van der Waals surface area contributed by atoms with Crippen LogP contribution in [0.1, 0.15) is 6.42 Å². The second-order valence-corrected chi connectivity index (χ2v) is 4.28. The number of carbonyl (C=O) groups is 1. The minimum Gasteiger partial charge on any atom is -0.428 e.